The Balaban J connectivity index is 2.41. The predicted octanol–water partition coefficient (Wildman–Crippen LogP) is 1.89. The highest BCUT2D eigenvalue weighted by Crippen LogP contribution is 2.08. The van der Waals surface area contributed by atoms with Crippen LogP contribution in [0.25, 0.3) is 0 Å². The van der Waals surface area contributed by atoms with E-state index in [1.165, 1.54) is 4.90 Å². The standard InChI is InChI=1S/C13H21N3O3S/c1-4-16(9(2)7-12(17)18)13(19)14-6-5-11-8-20-10(3)15-11/h8-9H,4-7H2,1-3H3,(H,14,19)(H,17,18). The molecule has 0 fully saturated rings. The summed E-state index contributed by atoms with van der Waals surface area (Å²) in [6.07, 6.45) is 0.632. The van der Waals surface area contributed by atoms with E-state index >= 15 is 0 Å². The van der Waals surface area contributed by atoms with Gasteiger partial charge in [-0.1, -0.05) is 0 Å². The first-order valence-corrected chi connectivity index (χ1v) is 7.49. The van der Waals surface area contributed by atoms with Crippen LogP contribution in [0.15, 0.2) is 5.38 Å². The molecule has 112 valence electrons. The van der Waals surface area contributed by atoms with Crippen molar-refractivity contribution in [2.75, 3.05) is 13.1 Å². The number of nitrogens with one attached hydrogen (secondary N) is 1. The van der Waals surface area contributed by atoms with E-state index in [0.29, 0.717) is 19.5 Å². The van der Waals surface area contributed by atoms with E-state index in [0.717, 1.165) is 10.7 Å². The number of aromatic nitrogens is 1. The second-order valence-corrected chi connectivity index (χ2v) is 5.63. The summed E-state index contributed by atoms with van der Waals surface area (Å²) >= 11 is 1.59. The van der Waals surface area contributed by atoms with Crippen LogP contribution in [-0.2, 0) is 11.2 Å². The molecule has 1 rings (SSSR count). The fourth-order valence-electron chi connectivity index (χ4n) is 1.94. The molecule has 0 spiro atoms. The molecule has 0 saturated carbocycles. The van der Waals surface area contributed by atoms with Crippen molar-refractivity contribution >= 4 is 23.3 Å². The number of hydrogen-bond acceptors (Lipinski definition) is 4. The monoisotopic (exact) mass is 299 g/mol. The lowest BCUT2D eigenvalue weighted by molar-refractivity contribution is -0.138. The summed E-state index contributed by atoms with van der Waals surface area (Å²) in [5, 5.41) is 14.6. The highest BCUT2D eigenvalue weighted by Gasteiger charge is 2.20. The van der Waals surface area contributed by atoms with Crippen LogP contribution < -0.4 is 5.32 Å². The van der Waals surface area contributed by atoms with E-state index in [4.69, 9.17) is 5.11 Å². The number of thiazole rings is 1. The van der Waals surface area contributed by atoms with Gasteiger partial charge in [-0.25, -0.2) is 9.78 Å². The number of carbonyl (C=O) groups is 2. The van der Waals surface area contributed by atoms with Crippen LogP contribution in [0.1, 0.15) is 31.0 Å². The molecule has 2 amide bonds. The average Bonchev–Trinajstić information content (AvgIpc) is 2.75. The molecule has 2 N–H and O–H groups in total. The van der Waals surface area contributed by atoms with Crippen LogP contribution in [-0.4, -0.2) is 46.1 Å². The number of urea groups is 1. The Morgan fingerprint density at radius 2 is 2.25 bits per heavy atom. The molecule has 0 radical (unpaired) electrons. The van der Waals surface area contributed by atoms with Crippen LogP contribution in [0.5, 0.6) is 0 Å². The minimum Gasteiger partial charge on any atom is -0.481 e. The zero-order valence-corrected chi connectivity index (χ0v) is 12.9. The first-order chi connectivity index (χ1) is 9.43. The Bertz CT molecular complexity index is 461. The summed E-state index contributed by atoms with van der Waals surface area (Å²) in [5.41, 5.74) is 0.967. The Hall–Kier alpha value is -1.63. The minimum atomic E-state index is -0.901. The zero-order chi connectivity index (χ0) is 15.1. The molecule has 7 heteroatoms. The average molecular weight is 299 g/mol. The van der Waals surface area contributed by atoms with Crippen molar-refractivity contribution in [3.63, 3.8) is 0 Å². The summed E-state index contributed by atoms with van der Waals surface area (Å²) in [5.74, 6) is -0.901. The smallest absolute Gasteiger partial charge is 0.317 e. The maximum absolute atomic E-state index is 12.0. The number of rotatable bonds is 7. The Morgan fingerprint density at radius 1 is 1.55 bits per heavy atom. The Labute approximate surface area is 122 Å². The lowest BCUT2D eigenvalue weighted by atomic mass is 10.2. The van der Waals surface area contributed by atoms with Crippen molar-refractivity contribution in [3.8, 4) is 0 Å². The molecule has 0 bridgehead atoms. The van der Waals surface area contributed by atoms with E-state index in [9.17, 15) is 9.59 Å². The second-order valence-electron chi connectivity index (χ2n) is 4.57. The maximum atomic E-state index is 12.0. The SMILES string of the molecule is CCN(C(=O)NCCc1csc(C)n1)C(C)CC(=O)O. The Kier molecular flexibility index (Phi) is 6.44. The quantitative estimate of drug-likeness (QED) is 0.805. The third kappa shape index (κ3) is 5.16. The van der Waals surface area contributed by atoms with Crippen LogP contribution in [0, 0.1) is 6.92 Å². The van der Waals surface area contributed by atoms with Gasteiger partial charge in [0.25, 0.3) is 0 Å². The van der Waals surface area contributed by atoms with Gasteiger partial charge in [-0.2, -0.15) is 0 Å². The minimum absolute atomic E-state index is 0.0491. The van der Waals surface area contributed by atoms with Crippen molar-refractivity contribution in [3.05, 3.63) is 16.1 Å². The fraction of sp³-hybridized carbons (Fsp3) is 0.615. The van der Waals surface area contributed by atoms with E-state index in [1.807, 2.05) is 19.2 Å². The van der Waals surface area contributed by atoms with Gasteiger partial charge in [0, 0.05) is 30.9 Å². The van der Waals surface area contributed by atoms with Gasteiger partial charge in [0.15, 0.2) is 0 Å². The number of carboxylic acids is 1. The van der Waals surface area contributed by atoms with Crippen molar-refractivity contribution in [2.45, 2.75) is 39.7 Å². The first kappa shape index (κ1) is 16.4. The van der Waals surface area contributed by atoms with E-state index in [-0.39, 0.29) is 18.5 Å². The zero-order valence-electron chi connectivity index (χ0n) is 12.0. The van der Waals surface area contributed by atoms with Crippen molar-refractivity contribution in [2.24, 2.45) is 0 Å². The molecular formula is C13H21N3O3S. The molecule has 0 aliphatic carbocycles. The summed E-state index contributed by atoms with van der Waals surface area (Å²) in [7, 11) is 0. The van der Waals surface area contributed by atoms with Crippen molar-refractivity contribution in [1.82, 2.24) is 15.2 Å². The van der Waals surface area contributed by atoms with Crippen molar-refractivity contribution in [1.29, 1.82) is 0 Å². The molecule has 0 saturated heterocycles. The third-order valence-corrected chi connectivity index (χ3v) is 3.75. The number of amides is 2. The number of nitrogens with zero attached hydrogens (tertiary/aromatic N) is 2. The first-order valence-electron chi connectivity index (χ1n) is 6.61. The predicted molar refractivity (Wildman–Crippen MR) is 78.0 cm³/mol. The summed E-state index contributed by atoms with van der Waals surface area (Å²) < 4.78 is 0. The van der Waals surface area contributed by atoms with Crippen LogP contribution in [0.2, 0.25) is 0 Å². The number of aryl methyl sites for hydroxylation is 1. The van der Waals surface area contributed by atoms with Gasteiger partial charge >= 0.3 is 12.0 Å². The largest absolute Gasteiger partial charge is 0.481 e. The molecule has 6 nitrogen and oxygen atoms in total. The van der Waals surface area contributed by atoms with E-state index in [2.05, 4.69) is 10.3 Å². The molecule has 1 aromatic heterocycles. The highest BCUT2D eigenvalue weighted by atomic mass is 32.1. The lowest BCUT2D eigenvalue weighted by Gasteiger charge is -2.27. The molecule has 1 aromatic rings. The number of carboxylic acid groups (broad SMARTS) is 1. The number of aliphatic carboxylic acids is 1. The molecule has 0 aliphatic heterocycles. The molecule has 1 unspecified atom stereocenters. The molecule has 1 heterocycles. The molecule has 0 aromatic carbocycles. The second kappa shape index (κ2) is 7.84. The Morgan fingerprint density at radius 3 is 2.75 bits per heavy atom. The van der Waals surface area contributed by atoms with Gasteiger partial charge in [-0.05, 0) is 20.8 Å². The maximum Gasteiger partial charge on any atom is 0.317 e. The topological polar surface area (TPSA) is 82.5 Å². The van der Waals surface area contributed by atoms with Gasteiger partial charge in [0.1, 0.15) is 0 Å². The van der Waals surface area contributed by atoms with Gasteiger partial charge in [-0.3, -0.25) is 4.79 Å². The van der Waals surface area contributed by atoms with Crippen LogP contribution in [0.4, 0.5) is 4.79 Å². The number of carbonyl (C=O) groups excluding carboxylic acids is 1. The third-order valence-electron chi connectivity index (χ3n) is 2.93. The van der Waals surface area contributed by atoms with Gasteiger partial charge in [-0.15, -0.1) is 11.3 Å². The van der Waals surface area contributed by atoms with Crippen molar-refractivity contribution < 1.29 is 14.7 Å². The molecule has 20 heavy (non-hydrogen) atoms. The molecule has 0 aliphatic rings. The van der Waals surface area contributed by atoms with E-state index in [1.54, 1.807) is 18.3 Å². The van der Waals surface area contributed by atoms with Crippen LogP contribution in [0.3, 0.4) is 0 Å². The summed E-state index contributed by atoms with van der Waals surface area (Å²) in [4.78, 5) is 28.5. The van der Waals surface area contributed by atoms with Gasteiger partial charge in [0.2, 0.25) is 0 Å². The number of hydrogen-bond donors (Lipinski definition) is 2. The van der Waals surface area contributed by atoms with E-state index < -0.39 is 5.97 Å². The normalized spacial score (nSPS) is 11.9. The highest BCUT2D eigenvalue weighted by molar-refractivity contribution is 7.09. The fourth-order valence-corrected chi connectivity index (χ4v) is 2.59. The summed E-state index contributed by atoms with van der Waals surface area (Å²) in [6.45, 7) is 6.50. The summed E-state index contributed by atoms with van der Waals surface area (Å²) in [6, 6.07) is -0.549. The molecular weight excluding hydrogens is 278 g/mol. The van der Waals surface area contributed by atoms with Crippen LogP contribution >= 0.6 is 11.3 Å². The van der Waals surface area contributed by atoms with Gasteiger partial charge in [0.05, 0.1) is 17.1 Å². The lowest BCUT2D eigenvalue weighted by Crippen LogP contribution is -2.46. The molecule has 1 atom stereocenters. The van der Waals surface area contributed by atoms with Gasteiger partial charge < -0.3 is 15.3 Å².